The maximum atomic E-state index is 13.8. The number of fused-ring (bicyclic) bond motifs is 1. The lowest BCUT2D eigenvalue weighted by Crippen LogP contribution is -2.54. The van der Waals surface area contributed by atoms with Gasteiger partial charge in [-0.3, -0.25) is 29.2 Å². The smallest absolute Gasteiger partial charge is 0.269 e. The number of benzene rings is 3. The molecule has 4 aromatic rings. The number of aromatic nitrogens is 2. The zero-order valence-electron chi connectivity index (χ0n) is 23.8. The van der Waals surface area contributed by atoms with E-state index in [0.29, 0.717) is 54.2 Å². The number of piperazine rings is 1. The normalized spacial score (nSPS) is 16.5. The number of nitro benzene ring substituents is 1. The average molecular weight is 568 g/mol. The Morgan fingerprint density at radius 1 is 1.10 bits per heavy atom. The van der Waals surface area contributed by atoms with Crippen molar-refractivity contribution in [3.05, 3.63) is 111 Å². The van der Waals surface area contributed by atoms with Crippen molar-refractivity contribution in [2.24, 2.45) is 0 Å². The molecule has 0 saturated carbocycles. The van der Waals surface area contributed by atoms with E-state index >= 15 is 0 Å². The summed E-state index contributed by atoms with van der Waals surface area (Å²) in [6.45, 7) is 8.24. The second-order valence-electron chi connectivity index (χ2n) is 10.3. The van der Waals surface area contributed by atoms with Crippen LogP contribution in [0.4, 0.5) is 5.69 Å². The van der Waals surface area contributed by atoms with Crippen LogP contribution in [0, 0.1) is 10.1 Å². The Hall–Kier alpha value is -4.83. The van der Waals surface area contributed by atoms with Crippen LogP contribution >= 0.6 is 0 Å². The van der Waals surface area contributed by atoms with E-state index in [2.05, 4.69) is 4.90 Å². The summed E-state index contributed by atoms with van der Waals surface area (Å²) in [7, 11) is 0. The Labute approximate surface area is 243 Å². The van der Waals surface area contributed by atoms with Gasteiger partial charge in [-0.1, -0.05) is 12.1 Å². The molecule has 3 aromatic carbocycles. The first-order valence-corrected chi connectivity index (χ1v) is 14.0. The molecule has 1 amide bonds. The topological polar surface area (TPSA) is 111 Å². The second-order valence-corrected chi connectivity index (χ2v) is 10.3. The van der Waals surface area contributed by atoms with Crippen molar-refractivity contribution < 1.29 is 14.5 Å². The van der Waals surface area contributed by atoms with E-state index in [9.17, 15) is 19.7 Å². The van der Waals surface area contributed by atoms with Crippen LogP contribution in [0.2, 0.25) is 0 Å². The minimum Gasteiger partial charge on any atom is -0.494 e. The maximum Gasteiger partial charge on any atom is 0.269 e. The van der Waals surface area contributed by atoms with Crippen LogP contribution in [-0.4, -0.2) is 62.5 Å². The number of carbonyl (C=O) groups excluding carboxylic acids is 1. The average Bonchev–Trinajstić information content (AvgIpc) is 3.00. The number of para-hydroxylation sites is 1. The highest BCUT2D eigenvalue weighted by molar-refractivity contribution is 5.92. The molecule has 5 rings (SSSR count). The van der Waals surface area contributed by atoms with Gasteiger partial charge >= 0.3 is 0 Å². The van der Waals surface area contributed by atoms with Gasteiger partial charge in [0, 0.05) is 43.9 Å². The molecule has 0 N–H and O–H groups in total. The van der Waals surface area contributed by atoms with Crippen LogP contribution in [-0.2, 0) is 4.79 Å². The molecule has 1 aliphatic rings. The number of nitrogens with zero attached hydrogens (tertiary/aromatic N) is 5. The van der Waals surface area contributed by atoms with E-state index in [1.165, 1.54) is 18.2 Å². The van der Waals surface area contributed by atoms with E-state index in [1.54, 1.807) is 28.8 Å². The largest absolute Gasteiger partial charge is 0.494 e. The Balaban J connectivity index is 1.37. The van der Waals surface area contributed by atoms with Crippen molar-refractivity contribution >= 4 is 28.6 Å². The third-order valence-corrected chi connectivity index (χ3v) is 7.59. The van der Waals surface area contributed by atoms with E-state index in [-0.39, 0.29) is 29.2 Å². The summed E-state index contributed by atoms with van der Waals surface area (Å²) in [6.07, 6.45) is 3.17. The van der Waals surface area contributed by atoms with Crippen LogP contribution < -0.4 is 10.3 Å². The SMILES string of the molecule is CCOc1ccc(-n2c(C(C)N3CCN(C(=O)C=Cc4ccc([N+](=O)[O-])cc4)C(C)C3)nc3ccccc3c2=O)cc1. The molecular formula is C32H33N5O5. The van der Waals surface area contributed by atoms with Gasteiger partial charge in [0.05, 0.1) is 34.2 Å². The predicted octanol–water partition coefficient (Wildman–Crippen LogP) is 5.00. The number of ether oxygens (including phenoxy) is 1. The zero-order valence-corrected chi connectivity index (χ0v) is 23.8. The number of rotatable bonds is 8. The lowest BCUT2D eigenvalue weighted by Gasteiger charge is -2.42. The first-order valence-electron chi connectivity index (χ1n) is 14.0. The molecule has 1 saturated heterocycles. The van der Waals surface area contributed by atoms with Crippen LogP contribution in [0.5, 0.6) is 5.75 Å². The molecule has 2 unspecified atom stereocenters. The zero-order chi connectivity index (χ0) is 29.8. The lowest BCUT2D eigenvalue weighted by molar-refractivity contribution is -0.384. The molecule has 42 heavy (non-hydrogen) atoms. The molecule has 2 heterocycles. The van der Waals surface area contributed by atoms with E-state index in [4.69, 9.17) is 9.72 Å². The third-order valence-electron chi connectivity index (χ3n) is 7.59. The summed E-state index contributed by atoms with van der Waals surface area (Å²) >= 11 is 0. The van der Waals surface area contributed by atoms with Gasteiger partial charge in [-0.25, -0.2) is 4.98 Å². The molecule has 0 radical (unpaired) electrons. The number of carbonyl (C=O) groups is 1. The highest BCUT2D eigenvalue weighted by Gasteiger charge is 2.31. The number of hydrogen-bond acceptors (Lipinski definition) is 7. The van der Waals surface area contributed by atoms with Crippen molar-refractivity contribution in [1.82, 2.24) is 19.4 Å². The molecule has 1 aliphatic heterocycles. The Morgan fingerprint density at radius 3 is 2.48 bits per heavy atom. The standard InChI is InChI=1S/C32H33N5O5/c1-4-42-27-16-14-25(15-17-27)36-31(33-29-8-6-5-7-28(29)32(36)39)23(3)34-19-20-35(22(2)21-34)30(38)18-11-24-9-12-26(13-10-24)37(40)41/h5-18,22-23H,4,19-21H2,1-3H3. The first-order chi connectivity index (χ1) is 20.3. The molecule has 1 fully saturated rings. The fourth-order valence-corrected chi connectivity index (χ4v) is 5.34. The fraction of sp³-hybridized carbons (Fsp3) is 0.281. The Morgan fingerprint density at radius 2 is 1.81 bits per heavy atom. The second kappa shape index (κ2) is 12.4. The molecule has 2 atom stereocenters. The minimum atomic E-state index is -0.453. The number of non-ortho nitro benzene ring substituents is 1. The first kappa shape index (κ1) is 28.7. The van der Waals surface area contributed by atoms with Gasteiger partial charge in [0.2, 0.25) is 5.91 Å². The predicted molar refractivity (Wildman–Crippen MR) is 162 cm³/mol. The molecule has 10 heteroatoms. The van der Waals surface area contributed by atoms with E-state index < -0.39 is 4.92 Å². The van der Waals surface area contributed by atoms with Crippen LogP contribution in [0.25, 0.3) is 22.7 Å². The highest BCUT2D eigenvalue weighted by Crippen LogP contribution is 2.26. The van der Waals surface area contributed by atoms with Gasteiger partial charge in [-0.2, -0.15) is 0 Å². The van der Waals surface area contributed by atoms with Gasteiger partial charge in [-0.15, -0.1) is 0 Å². The molecular weight excluding hydrogens is 534 g/mol. The number of amides is 1. The summed E-state index contributed by atoms with van der Waals surface area (Å²) < 4.78 is 7.27. The molecule has 0 bridgehead atoms. The van der Waals surface area contributed by atoms with Gasteiger partial charge in [0.25, 0.3) is 11.2 Å². The summed E-state index contributed by atoms with van der Waals surface area (Å²) in [5, 5.41) is 11.4. The Bertz CT molecular complexity index is 1680. The van der Waals surface area contributed by atoms with Gasteiger partial charge in [0.1, 0.15) is 11.6 Å². The van der Waals surface area contributed by atoms with Crippen molar-refractivity contribution in [1.29, 1.82) is 0 Å². The van der Waals surface area contributed by atoms with Gasteiger partial charge in [-0.05, 0) is 80.9 Å². The quantitative estimate of drug-likeness (QED) is 0.167. The molecule has 0 spiro atoms. The molecule has 10 nitrogen and oxygen atoms in total. The van der Waals surface area contributed by atoms with Crippen molar-refractivity contribution in [3.8, 4) is 11.4 Å². The van der Waals surface area contributed by atoms with E-state index in [1.807, 2.05) is 68.1 Å². The third kappa shape index (κ3) is 5.94. The minimum absolute atomic E-state index is 0.00573. The number of nitro groups is 1. The van der Waals surface area contributed by atoms with E-state index in [0.717, 1.165) is 5.75 Å². The molecule has 216 valence electrons. The van der Waals surface area contributed by atoms with Crippen molar-refractivity contribution in [2.75, 3.05) is 26.2 Å². The van der Waals surface area contributed by atoms with Crippen LogP contribution in [0.15, 0.2) is 83.7 Å². The van der Waals surface area contributed by atoms with Crippen LogP contribution in [0.1, 0.15) is 38.2 Å². The summed E-state index contributed by atoms with van der Waals surface area (Å²) in [5.74, 6) is 1.24. The summed E-state index contributed by atoms with van der Waals surface area (Å²) in [5.41, 5.74) is 1.94. The molecule has 1 aromatic heterocycles. The Kier molecular flexibility index (Phi) is 8.44. The highest BCUT2D eigenvalue weighted by atomic mass is 16.6. The van der Waals surface area contributed by atoms with Crippen molar-refractivity contribution in [3.63, 3.8) is 0 Å². The number of hydrogen-bond donors (Lipinski definition) is 0. The maximum absolute atomic E-state index is 13.8. The van der Waals surface area contributed by atoms with Crippen LogP contribution in [0.3, 0.4) is 0 Å². The fourth-order valence-electron chi connectivity index (χ4n) is 5.34. The molecule has 0 aliphatic carbocycles. The lowest BCUT2D eigenvalue weighted by atomic mass is 10.1. The van der Waals surface area contributed by atoms with Gasteiger partial charge < -0.3 is 9.64 Å². The monoisotopic (exact) mass is 567 g/mol. The summed E-state index contributed by atoms with van der Waals surface area (Å²) in [6, 6.07) is 20.6. The summed E-state index contributed by atoms with van der Waals surface area (Å²) in [4.78, 5) is 46.3. The van der Waals surface area contributed by atoms with Crippen molar-refractivity contribution in [2.45, 2.75) is 32.9 Å². The van der Waals surface area contributed by atoms with Gasteiger partial charge in [0.15, 0.2) is 0 Å².